The lowest BCUT2D eigenvalue weighted by atomic mass is 9.53. The van der Waals surface area contributed by atoms with Crippen molar-refractivity contribution in [3.8, 4) is 0 Å². The molecule has 49 heavy (non-hydrogen) atoms. The number of fused-ring (bicyclic) bond motifs is 5. The maximum absolute atomic E-state index is 14.7. The van der Waals surface area contributed by atoms with Crippen molar-refractivity contribution < 1.29 is 38.9 Å². The van der Waals surface area contributed by atoms with Gasteiger partial charge in [0.2, 0.25) is 0 Å². The van der Waals surface area contributed by atoms with Crippen LogP contribution in [0, 0.1) is 40.9 Å². The van der Waals surface area contributed by atoms with Crippen LogP contribution in [0.2, 0.25) is 0 Å². The molecule has 8 nitrogen and oxygen atoms in total. The molecule has 10 atom stereocenters. The lowest BCUT2D eigenvalue weighted by Crippen LogP contribution is -2.53. The van der Waals surface area contributed by atoms with Crippen molar-refractivity contribution in [3.63, 3.8) is 0 Å². The molecule has 0 spiro atoms. The van der Waals surface area contributed by atoms with Crippen molar-refractivity contribution in [1.29, 1.82) is 0 Å². The van der Waals surface area contributed by atoms with Crippen LogP contribution in [0.15, 0.2) is 22.8 Å². The number of rotatable bonds is 2. The molecular formula is C41H64O8. The molecular weight excluding hydrogens is 620 g/mol. The number of allylic oxidation sites excluding steroid dienone is 4. The predicted molar refractivity (Wildman–Crippen MR) is 189 cm³/mol. The second-order valence-corrected chi connectivity index (χ2v) is 17.2. The first-order valence-corrected chi connectivity index (χ1v) is 19.0. The maximum Gasteiger partial charge on any atom is 0.313 e. The zero-order chi connectivity index (χ0) is 36.5. The molecule has 2 aliphatic heterocycles. The van der Waals surface area contributed by atoms with Gasteiger partial charge in [-0.3, -0.25) is 19.2 Å². The van der Waals surface area contributed by atoms with E-state index in [1.807, 2.05) is 41.5 Å². The Balaban J connectivity index is 1.94. The number of ether oxygens (including phenoxy) is 2. The number of hydrogen-bond donors (Lipinski definition) is 2. The number of carbonyl (C=O) groups is 4. The summed E-state index contributed by atoms with van der Waals surface area (Å²) in [4.78, 5) is 57.3. The monoisotopic (exact) mass is 684 g/mol. The molecule has 0 aromatic carbocycles. The summed E-state index contributed by atoms with van der Waals surface area (Å²) in [5.74, 6) is -2.84. The molecule has 2 fully saturated rings. The lowest BCUT2D eigenvalue weighted by Gasteiger charge is -2.48. The molecule has 0 radical (unpaired) electrons. The summed E-state index contributed by atoms with van der Waals surface area (Å²) in [6, 6.07) is 0. The first-order valence-electron chi connectivity index (χ1n) is 19.0. The summed E-state index contributed by atoms with van der Waals surface area (Å²) in [6.45, 7) is 15.6. The molecule has 0 aromatic rings. The van der Waals surface area contributed by atoms with E-state index in [1.165, 1.54) is 7.11 Å². The Bertz CT molecular complexity index is 1320. The SMILES string of the molecule is COC(=O)[C@]12CC(=O)[C@H](C(C)C)CC(=O)[C@H](C)CCC[C@H](C)CC(=O)[C@H]1CC(C)=C1CC[C@]3(C)O[C@H](CCC(C)=C[C@@H]12)[C@@](C)(O)CC[C@@H]3O. The Hall–Kier alpha value is -2.16. The summed E-state index contributed by atoms with van der Waals surface area (Å²) >= 11 is 0. The van der Waals surface area contributed by atoms with E-state index in [0.29, 0.717) is 51.4 Å². The number of Topliss-reactive ketones (excluding diaryl/α,β-unsaturated/α-hetero) is 3. The van der Waals surface area contributed by atoms with Crippen molar-refractivity contribution >= 4 is 23.3 Å². The van der Waals surface area contributed by atoms with Crippen LogP contribution in [0.5, 0.6) is 0 Å². The van der Waals surface area contributed by atoms with Crippen LogP contribution in [-0.4, -0.2) is 64.1 Å². The Morgan fingerprint density at radius 3 is 2.29 bits per heavy atom. The van der Waals surface area contributed by atoms with E-state index in [9.17, 15) is 29.4 Å². The standard InChI is InChI=1S/C41H64O8/c1-24(2)30-22-33(42)27(5)12-10-11-25(3)20-34(43)32-21-28(6)29-15-18-40(8)36(45)16-17-39(7,47)37(49-40)14-13-26(4)19-31(29)41(32,23-35(30)44)38(46)48-9/h19,24-25,27,30-32,36-37,45,47H,10-18,20-23H2,1-9H3/t25-,27+,30-,31-,32+,36-,37+,39-,40-,41-/m0/s1. The van der Waals surface area contributed by atoms with Gasteiger partial charge in [0, 0.05) is 42.9 Å². The zero-order valence-corrected chi connectivity index (χ0v) is 31.7. The van der Waals surface area contributed by atoms with Gasteiger partial charge in [0.25, 0.3) is 0 Å². The Kier molecular flexibility index (Phi) is 12.6. The largest absolute Gasteiger partial charge is 0.469 e. The third-order valence-electron chi connectivity index (χ3n) is 13.0. The highest BCUT2D eigenvalue weighted by Gasteiger charge is 2.59. The quantitative estimate of drug-likeness (QED) is 0.230. The first kappa shape index (κ1) is 39.6. The van der Waals surface area contributed by atoms with E-state index in [0.717, 1.165) is 36.0 Å². The fourth-order valence-electron chi connectivity index (χ4n) is 9.41. The van der Waals surface area contributed by atoms with E-state index < -0.39 is 52.5 Å². The van der Waals surface area contributed by atoms with Gasteiger partial charge in [0.15, 0.2) is 0 Å². The highest BCUT2D eigenvalue weighted by Crippen LogP contribution is 2.56. The van der Waals surface area contributed by atoms with Crippen molar-refractivity contribution in [2.24, 2.45) is 40.9 Å². The van der Waals surface area contributed by atoms with E-state index in [1.54, 1.807) is 6.92 Å². The van der Waals surface area contributed by atoms with Gasteiger partial charge in [-0.05, 0) is 90.9 Å². The van der Waals surface area contributed by atoms with E-state index >= 15 is 0 Å². The third-order valence-corrected chi connectivity index (χ3v) is 13.0. The molecule has 4 aliphatic rings. The van der Waals surface area contributed by atoms with E-state index in [-0.39, 0.29) is 47.9 Å². The lowest BCUT2D eigenvalue weighted by molar-refractivity contribution is -0.180. The minimum atomic E-state index is -1.49. The third kappa shape index (κ3) is 8.33. The number of methoxy groups -OCH3 is 1. The van der Waals surface area contributed by atoms with Crippen LogP contribution in [0.1, 0.15) is 139 Å². The van der Waals surface area contributed by atoms with Gasteiger partial charge in [-0.1, -0.05) is 63.3 Å². The molecule has 0 aromatic heterocycles. The summed E-state index contributed by atoms with van der Waals surface area (Å²) in [6.07, 6.45) is 6.56. The van der Waals surface area contributed by atoms with Crippen molar-refractivity contribution in [1.82, 2.24) is 0 Å². The smallest absolute Gasteiger partial charge is 0.313 e. The average Bonchev–Trinajstić information content (AvgIpc) is 3.12. The molecule has 0 unspecified atom stereocenters. The van der Waals surface area contributed by atoms with Crippen LogP contribution in [0.3, 0.4) is 0 Å². The number of esters is 1. The van der Waals surface area contributed by atoms with Gasteiger partial charge in [0.05, 0.1) is 35.9 Å². The second kappa shape index (κ2) is 15.6. The number of carbonyl (C=O) groups excluding carboxylic acids is 4. The summed E-state index contributed by atoms with van der Waals surface area (Å²) in [5, 5.41) is 22.8. The van der Waals surface area contributed by atoms with Gasteiger partial charge >= 0.3 is 5.97 Å². The first-order chi connectivity index (χ1) is 22.9. The van der Waals surface area contributed by atoms with E-state index in [2.05, 4.69) is 13.0 Å². The fraction of sp³-hybridized carbons (Fsp3) is 0.805. The Morgan fingerprint density at radius 1 is 0.939 bits per heavy atom. The summed E-state index contributed by atoms with van der Waals surface area (Å²) in [5.41, 5.74) is -0.574. The van der Waals surface area contributed by atoms with Crippen LogP contribution in [-0.2, 0) is 28.7 Å². The topological polar surface area (TPSA) is 127 Å². The Labute approximate surface area is 294 Å². The van der Waals surface area contributed by atoms with E-state index in [4.69, 9.17) is 9.47 Å². The van der Waals surface area contributed by atoms with Crippen LogP contribution in [0.4, 0.5) is 0 Å². The highest BCUT2D eigenvalue weighted by molar-refractivity contribution is 5.97. The maximum atomic E-state index is 14.7. The van der Waals surface area contributed by atoms with Gasteiger partial charge in [-0.2, -0.15) is 0 Å². The molecule has 2 N–H and O–H groups in total. The van der Waals surface area contributed by atoms with Gasteiger partial charge < -0.3 is 19.7 Å². The number of aliphatic hydroxyl groups excluding tert-OH is 1. The van der Waals surface area contributed by atoms with Crippen LogP contribution < -0.4 is 0 Å². The second-order valence-electron chi connectivity index (χ2n) is 17.2. The molecule has 276 valence electrons. The fourth-order valence-corrected chi connectivity index (χ4v) is 9.41. The average molecular weight is 685 g/mol. The molecule has 2 aliphatic carbocycles. The molecule has 8 heteroatoms. The van der Waals surface area contributed by atoms with Crippen molar-refractivity contribution in [2.45, 2.75) is 162 Å². The minimum absolute atomic E-state index is 0.0131. The molecule has 4 rings (SSSR count). The zero-order valence-electron chi connectivity index (χ0n) is 31.7. The summed E-state index contributed by atoms with van der Waals surface area (Å²) < 4.78 is 12.3. The number of ketones is 3. The van der Waals surface area contributed by atoms with Crippen LogP contribution >= 0.6 is 0 Å². The highest BCUT2D eigenvalue weighted by atomic mass is 16.5. The predicted octanol–water partition coefficient (Wildman–Crippen LogP) is 7.27. The summed E-state index contributed by atoms with van der Waals surface area (Å²) in [7, 11) is 1.34. The molecule has 1 saturated heterocycles. The van der Waals surface area contributed by atoms with Gasteiger partial charge in [0.1, 0.15) is 17.3 Å². The molecule has 2 heterocycles. The van der Waals surface area contributed by atoms with Crippen LogP contribution in [0.25, 0.3) is 0 Å². The molecule has 0 amide bonds. The number of hydrogen-bond acceptors (Lipinski definition) is 8. The van der Waals surface area contributed by atoms with Gasteiger partial charge in [-0.25, -0.2) is 0 Å². The van der Waals surface area contributed by atoms with Crippen molar-refractivity contribution in [2.75, 3.05) is 7.11 Å². The molecule has 1 saturated carbocycles. The van der Waals surface area contributed by atoms with Crippen molar-refractivity contribution in [3.05, 3.63) is 22.8 Å². The number of aliphatic hydroxyl groups is 2. The Morgan fingerprint density at radius 2 is 1.63 bits per heavy atom. The normalized spacial score (nSPS) is 40.7. The van der Waals surface area contributed by atoms with Gasteiger partial charge in [-0.15, -0.1) is 0 Å². The minimum Gasteiger partial charge on any atom is -0.469 e. The molecule has 2 bridgehead atoms.